The monoisotopic (exact) mass is 553 g/mol. The van der Waals surface area contributed by atoms with E-state index in [4.69, 9.17) is 19.4 Å². The van der Waals surface area contributed by atoms with Crippen LogP contribution in [0.25, 0.3) is 6.08 Å². The van der Waals surface area contributed by atoms with Crippen LogP contribution >= 0.6 is 11.3 Å². The van der Waals surface area contributed by atoms with Crippen molar-refractivity contribution >= 4 is 41.0 Å². The van der Waals surface area contributed by atoms with E-state index in [9.17, 15) is 24.5 Å². The highest BCUT2D eigenvalue weighted by Crippen LogP contribution is 2.30. The molecule has 0 saturated heterocycles. The molecule has 1 aromatic heterocycles. The van der Waals surface area contributed by atoms with Crippen molar-refractivity contribution in [3.8, 4) is 0 Å². The number of nitro groups is 1. The summed E-state index contributed by atoms with van der Waals surface area (Å²) in [5, 5.41) is 18.5. The van der Waals surface area contributed by atoms with Gasteiger partial charge in [-0.1, -0.05) is 35.6 Å². The fourth-order valence-corrected chi connectivity index (χ4v) is 4.85. The van der Waals surface area contributed by atoms with Crippen LogP contribution in [-0.2, 0) is 19.1 Å². The number of aliphatic carboxylic acids is 1. The summed E-state index contributed by atoms with van der Waals surface area (Å²) in [4.78, 5) is 62.5. The predicted octanol–water partition coefficient (Wildman–Crippen LogP) is 2.19. The number of esters is 2. The molecule has 2 aromatic carbocycles. The number of carbonyl (C=O) groups excluding carboxylic acids is 2. The van der Waals surface area contributed by atoms with Gasteiger partial charge in [0.1, 0.15) is 0 Å². The summed E-state index contributed by atoms with van der Waals surface area (Å²) in [7, 11) is 2.52. The molecule has 39 heavy (non-hydrogen) atoms. The molecule has 13 heteroatoms. The van der Waals surface area contributed by atoms with E-state index in [0.29, 0.717) is 31.7 Å². The molecule has 4 rings (SSSR count). The Hall–Kier alpha value is -4.91. The maximum absolute atomic E-state index is 13.5. The van der Waals surface area contributed by atoms with Crippen molar-refractivity contribution in [2.24, 2.45) is 4.99 Å². The van der Waals surface area contributed by atoms with E-state index in [2.05, 4.69) is 4.99 Å². The molecule has 0 radical (unpaired) electrons. The first-order valence-corrected chi connectivity index (χ1v) is 12.0. The minimum Gasteiger partial charge on any atom is -0.481 e. The summed E-state index contributed by atoms with van der Waals surface area (Å²) in [6.45, 7) is 2.74. The van der Waals surface area contributed by atoms with Crippen LogP contribution in [0.3, 0.4) is 0 Å². The molecule has 1 unspecified atom stereocenters. The number of ether oxygens (including phenoxy) is 2. The van der Waals surface area contributed by atoms with Crippen molar-refractivity contribution in [2.75, 3.05) is 14.2 Å². The van der Waals surface area contributed by atoms with Gasteiger partial charge in [-0.2, -0.15) is 0 Å². The summed E-state index contributed by atoms with van der Waals surface area (Å²) in [5.74, 6) is -1.99. The van der Waals surface area contributed by atoms with Crippen LogP contribution in [0, 0.1) is 10.1 Å². The Morgan fingerprint density at radius 1 is 1.10 bits per heavy atom. The van der Waals surface area contributed by atoms with Crippen LogP contribution in [0.4, 0.5) is 5.69 Å². The van der Waals surface area contributed by atoms with E-state index >= 15 is 0 Å². The molecule has 0 bridgehead atoms. The van der Waals surface area contributed by atoms with Gasteiger partial charge in [-0.3, -0.25) is 24.3 Å². The lowest BCUT2D eigenvalue weighted by Crippen LogP contribution is -2.39. The van der Waals surface area contributed by atoms with Crippen LogP contribution < -0.4 is 14.9 Å². The van der Waals surface area contributed by atoms with Gasteiger partial charge in [0.2, 0.25) is 0 Å². The van der Waals surface area contributed by atoms with E-state index in [-0.39, 0.29) is 11.3 Å². The van der Waals surface area contributed by atoms with Gasteiger partial charge in [0, 0.05) is 19.1 Å². The lowest BCUT2D eigenvalue weighted by molar-refractivity contribution is -0.384. The molecule has 0 aliphatic carbocycles. The Balaban J connectivity index is 0.000000983. The zero-order chi connectivity index (χ0) is 28.9. The fourth-order valence-electron chi connectivity index (χ4n) is 3.81. The second-order valence-electron chi connectivity index (χ2n) is 8.06. The largest absolute Gasteiger partial charge is 0.481 e. The van der Waals surface area contributed by atoms with Gasteiger partial charge in [0.15, 0.2) is 4.80 Å². The SMILES string of the molecule is CC(=O)O.COC(=O)C1=C(C)N=c2sc(=Cc3cccc([N+](=O)[O-])c3)c(=O)n2C1c1ccc(C(=O)OC)cc1. The van der Waals surface area contributed by atoms with Gasteiger partial charge in [0.25, 0.3) is 17.2 Å². The van der Waals surface area contributed by atoms with Gasteiger partial charge in [-0.25, -0.2) is 14.6 Å². The highest BCUT2D eigenvalue weighted by Gasteiger charge is 2.33. The van der Waals surface area contributed by atoms with Crippen LogP contribution in [0.5, 0.6) is 0 Å². The van der Waals surface area contributed by atoms with E-state index in [1.165, 1.54) is 37.0 Å². The van der Waals surface area contributed by atoms with Crippen LogP contribution in [0.1, 0.15) is 41.4 Å². The predicted molar refractivity (Wildman–Crippen MR) is 140 cm³/mol. The second kappa shape index (κ2) is 12.1. The van der Waals surface area contributed by atoms with Crippen molar-refractivity contribution in [1.82, 2.24) is 4.57 Å². The number of nitrogens with zero attached hydrogens (tertiary/aromatic N) is 3. The first-order valence-electron chi connectivity index (χ1n) is 11.2. The number of thiazole rings is 1. The average molecular weight is 554 g/mol. The standard InChI is InChI=1S/C24H19N3O7S.C2H4O2/c1-13-19(23(30)34-3)20(15-7-9-16(10-8-15)22(29)33-2)26-21(28)18(35-24(26)25-13)12-14-5-4-6-17(11-14)27(31)32;1-2(3)4/h4-12,20H,1-3H3;1H3,(H,3,4). The van der Waals surface area contributed by atoms with Crippen molar-refractivity contribution < 1.29 is 33.9 Å². The van der Waals surface area contributed by atoms with Crippen LogP contribution in [0.15, 0.2) is 69.6 Å². The molecule has 1 N–H and O–H groups in total. The molecule has 0 spiro atoms. The van der Waals surface area contributed by atoms with Gasteiger partial charge >= 0.3 is 11.9 Å². The van der Waals surface area contributed by atoms with Gasteiger partial charge in [0.05, 0.1) is 46.6 Å². The molecular weight excluding hydrogens is 530 g/mol. The third kappa shape index (κ3) is 6.33. The average Bonchev–Trinajstić information content (AvgIpc) is 3.20. The Kier molecular flexibility index (Phi) is 8.88. The third-order valence-electron chi connectivity index (χ3n) is 5.45. The zero-order valence-corrected chi connectivity index (χ0v) is 22.1. The summed E-state index contributed by atoms with van der Waals surface area (Å²) in [6.07, 6.45) is 1.55. The Labute approximate surface area is 224 Å². The number of nitro benzene ring substituents is 1. The van der Waals surface area contributed by atoms with Crippen LogP contribution in [0.2, 0.25) is 0 Å². The van der Waals surface area contributed by atoms with E-state index in [1.807, 2.05) is 0 Å². The quantitative estimate of drug-likeness (QED) is 0.283. The number of carbonyl (C=O) groups is 3. The molecule has 1 aliphatic rings. The molecule has 3 aromatic rings. The zero-order valence-electron chi connectivity index (χ0n) is 21.2. The van der Waals surface area contributed by atoms with Crippen molar-refractivity contribution in [3.05, 3.63) is 106 Å². The lowest BCUT2D eigenvalue weighted by Gasteiger charge is -2.24. The first kappa shape index (κ1) is 28.7. The number of fused-ring (bicyclic) bond motifs is 1. The second-order valence-corrected chi connectivity index (χ2v) is 9.07. The fraction of sp³-hybridized carbons (Fsp3) is 0.192. The number of hydrogen-bond acceptors (Lipinski definition) is 10. The lowest BCUT2D eigenvalue weighted by atomic mass is 9.95. The third-order valence-corrected chi connectivity index (χ3v) is 6.44. The molecule has 0 saturated carbocycles. The Morgan fingerprint density at radius 3 is 2.28 bits per heavy atom. The maximum Gasteiger partial charge on any atom is 0.338 e. The Morgan fingerprint density at radius 2 is 1.72 bits per heavy atom. The number of rotatable bonds is 5. The number of non-ortho nitro benzene ring substituents is 1. The van der Waals surface area contributed by atoms with E-state index in [1.54, 1.807) is 43.3 Å². The number of carboxylic acid groups (broad SMARTS) is 1. The van der Waals surface area contributed by atoms with Crippen molar-refractivity contribution in [3.63, 3.8) is 0 Å². The molecule has 12 nitrogen and oxygen atoms in total. The number of aromatic nitrogens is 1. The number of allylic oxidation sites excluding steroid dienone is 1. The highest BCUT2D eigenvalue weighted by atomic mass is 32.1. The van der Waals surface area contributed by atoms with Gasteiger partial charge in [-0.05, 0) is 36.3 Å². The van der Waals surface area contributed by atoms with Gasteiger partial charge < -0.3 is 14.6 Å². The first-order chi connectivity index (χ1) is 18.5. The molecule has 2 heterocycles. The Bertz CT molecular complexity index is 1660. The highest BCUT2D eigenvalue weighted by molar-refractivity contribution is 7.07. The maximum atomic E-state index is 13.5. The van der Waals surface area contributed by atoms with Crippen molar-refractivity contribution in [2.45, 2.75) is 19.9 Å². The van der Waals surface area contributed by atoms with Crippen LogP contribution in [-0.4, -0.2) is 46.7 Å². The van der Waals surface area contributed by atoms with E-state index < -0.39 is 34.4 Å². The van der Waals surface area contributed by atoms with Gasteiger partial charge in [-0.15, -0.1) is 0 Å². The molecule has 1 aliphatic heterocycles. The van der Waals surface area contributed by atoms with Crippen molar-refractivity contribution in [1.29, 1.82) is 0 Å². The molecule has 202 valence electrons. The minimum atomic E-state index is -0.849. The number of hydrogen-bond donors (Lipinski definition) is 1. The number of benzene rings is 2. The normalized spacial score (nSPS) is 14.4. The molecular formula is C26H23N3O9S. The molecule has 1 atom stereocenters. The number of methoxy groups -OCH3 is 2. The molecule has 0 fully saturated rings. The smallest absolute Gasteiger partial charge is 0.338 e. The minimum absolute atomic E-state index is 0.0982. The summed E-state index contributed by atoms with van der Waals surface area (Å²) < 4.78 is 11.4. The summed E-state index contributed by atoms with van der Waals surface area (Å²) >= 11 is 1.10. The number of carboxylic acids is 1. The summed E-state index contributed by atoms with van der Waals surface area (Å²) in [5.41, 5.74) is 1.42. The molecule has 0 amide bonds. The topological polar surface area (TPSA) is 167 Å². The van der Waals surface area contributed by atoms with E-state index in [0.717, 1.165) is 18.3 Å². The summed E-state index contributed by atoms with van der Waals surface area (Å²) in [6, 6.07) is 11.4.